The minimum absolute atomic E-state index is 0.0138. The lowest BCUT2D eigenvalue weighted by atomic mass is 9.82. The molecule has 2 aromatic heterocycles. The van der Waals surface area contributed by atoms with Crippen molar-refractivity contribution in [1.82, 2.24) is 14.5 Å². The van der Waals surface area contributed by atoms with Gasteiger partial charge in [0, 0.05) is 34.8 Å². The molecule has 0 spiro atoms. The summed E-state index contributed by atoms with van der Waals surface area (Å²) in [6.45, 7) is 3.33. The predicted octanol–water partition coefficient (Wildman–Crippen LogP) is 7.47. The van der Waals surface area contributed by atoms with Crippen molar-refractivity contribution >= 4 is 28.6 Å². The molecule has 4 aromatic rings. The molecular formula is C30H30ClF2N3O4. The Labute approximate surface area is 235 Å². The molecule has 1 aliphatic rings. The van der Waals surface area contributed by atoms with Gasteiger partial charge in [0.25, 0.3) is 0 Å². The fourth-order valence-corrected chi connectivity index (χ4v) is 5.39. The van der Waals surface area contributed by atoms with Gasteiger partial charge in [-0.25, -0.2) is 23.5 Å². The van der Waals surface area contributed by atoms with Gasteiger partial charge in [-0.05, 0) is 69.4 Å². The summed E-state index contributed by atoms with van der Waals surface area (Å²) in [5.74, 6) is -1.31. The fraction of sp³-hybridized carbons (Fsp3) is 0.367. The molecule has 0 radical (unpaired) electrons. The molecule has 0 aliphatic heterocycles. The number of aromatic nitrogens is 3. The van der Waals surface area contributed by atoms with Crippen molar-refractivity contribution in [2.45, 2.75) is 57.6 Å². The van der Waals surface area contributed by atoms with Gasteiger partial charge in [0.2, 0.25) is 5.88 Å². The van der Waals surface area contributed by atoms with Gasteiger partial charge >= 0.3 is 5.97 Å². The van der Waals surface area contributed by atoms with E-state index in [0.29, 0.717) is 40.1 Å². The van der Waals surface area contributed by atoms with Gasteiger partial charge in [-0.2, -0.15) is 0 Å². The molecule has 10 heteroatoms. The monoisotopic (exact) mass is 569 g/mol. The van der Waals surface area contributed by atoms with E-state index in [1.54, 1.807) is 24.3 Å². The zero-order valence-corrected chi connectivity index (χ0v) is 23.0. The number of pyridine rings is 1. The highest BCUT2D eigenvalue weighted by molar-refractivity contribution is 6.30. The molecule has 2 unspecified atom stereocenters. The van der Waals surface area contributed by atoms with Gasteiger partial charge < -0.3 is 19.1 Å². The topological polar surface area (TPSA) is 86.5 Å². The molecule has 0 bridgehead atoms. The standard InChI is InChI=1S/C30H30ClF2N3O4/c1-30(2,29(37)38)40-21-11-12-27(34-17-21)39-14-13-18-5-3-4-6-25(18)36-26-16-23(33)22(32)15-24(26)35-28(36)19-7-9-20(31)10-8-19/h7-12,15-18,25H,3-6,13-14H2,1-2H3,(H,37,38). The Kier molecular flexibility index (Phi) is 7.94. The molecule has 5 rings (SSSR count). The fourth-order valence-electron chi connectivity index (χ4n) is 5.26. The van der Waals surface area contributed by atoms with E-state index in [1.807, 2.05) is 12.1 Å². The number of benzene rings is 2. The predicted molar refractivity (Wildman–Crippen MR) is 148 cm³/mol. The van der Waals surface area contributed by atoms with Crippen molar-refractivity contribution < 1.29 is 28.2 Å². The molecule has 0 amide bonds. The number of nitrogens with zero attached hydrogens (tertiary/aromatic N) is 3. The Balaban J connectivity index is 1.36. The molecule has 1 saturated carbocycles. The van der Waals surface area contributed by atoms with Gasteiger partial charge in [0.15, 0.2) is 17.2 Å². The Morgan fingerprint density at radius 2 is 1.82 bits per heavy atom. The van der Waals surface area contributed by atoms with Crippen LogP contribution in [0, 0.1) is 17.6 Å². The van der Waals surface area contributed by atoms with Crippen molar-refractivity contribution in [3.63, 3.8) is 0 Å². The molecule has 2 heterocycles. The third kappa shape index (κ3) is 5.89. The second-order valence-electron chi connectivity index (χ2n) is 10.6. The number of ether oxygens (including phenoxy) is 2. The van der Waals surface area contributed by atoms with E-state index < -0.39 is 23.2 Å². The van der Waals surface area contributed by atoms with E-state index in [0.717, 1.165) is 43.7 Å². The highest BCUT2D eigenvalue weighted by Gasteiger charge is 2.31. The van der Waals surface area contributed by atoms with Crippen LogP contribution in [0.4, 0.5) is 8.78 Å². The van der Waals surface area contributed by atoms with Crippen LogP contribution in [-0.4, -0.2) is 37.8 Å². The van der Waals surface area contributed by atoms with E-state index in [2.05, 4.69) is 9.55 Å². The van der Waals surface area contributed by atoms with Crippen LogP contribution in [-0.2, 0) is 4.79 Å². The van der Waals surface area contributed by atoms with Gasteiger partial charge in [0.1, 0.15) is 11.6 Å². The third-order valence-corrected chi connectivity index (χ3v) is 7.62. The van der Waals surface area contributed by atoms with Crippen molar-refractivity contribution in [1.29, 1.82) is 0 Å². The van der Waals surface area contributed by atoms with Gasteiger partial charge in [0.05, 0.1) is 23.8 Å². The van der Waals surface area contributed by atoms with Crippen LogP contribution in [0.25, 0.3) is 22.4 Å². The largest absolute Gasteiger partial charge is 0.478 e. The molecule has 1 fully saturated rings. The van der Waals surface area contributed by atoms with E-state index in [1.165, 1.54) is 26.1 Å². The highest BCUT2D eigenvalue weighted by atomic mass is 35.5. The normalized spacial score (nSPS) is 17.6. The van der Waals surface area contributed by atoms with Crippen LogP contribution in [0.3, 0.4) is 0 Å². The highest BCUT2D eigenvalue weighted by Crippen LogP contribution is 2.41. The first-order valence-corrected chi connectivity index (χ1v) is 13.6. The Bertz CT molecular complexity index is 1510. The van der Waals surface area contributed by atoms with Gasteiger partial charge in [-0.15, -0.1) is 0 Å². The number of carboxylic acid groups (broad SMARTS) is 1. The second-order valence-corrected chi connectivity index (χ2v) is 11.0. The minimum Gasteiger partial charge on any atom is -0.478 e. The molecule has 210 valence electrons. The number of carbonyl (C=O) groups is 1. The summed E-state index contributed by atoms with van der Waals surface area (Å²) < 4.78 is 42.0. The third-order valence-electron chi connectivity index (χ3n) is 7.37. The first-order valence-electron chi connectivity index (χ1n) is 13.3. The van der Waals surface area contributed by atoms with Crippen LogP contribution >= 0.6 is 11.6 Å². The summed E-state index contributed by atoms with van der Waals surface area (Å²) in [4.78, 5) is 20.3. The zero-order chi connectivity index (χ0) is 28.4. The number of rotatable bonds is 9. The lowest BCUT2D eigenvalue weighted by Gasteiger charge is -2.34. The first kappa shape index (κ1) is 27.8. The zero-order valence-electron chi connectivity index (χ0n) is 22.2. The summed E-state index contributed by atoms with van der Waals surface area (Å²) in [5.41, 5.74) is 0.404. The summed E-state index contributed by atoms with van der Waals surface area (Å²) in [6, 6.07) is 13.0. The van der Waals surface area contributed by atoms with E-state index in [4.69, 9.17) is 26.1 Å². The number of hydrogen-bond donors (Lipinski definition) is 1. The van der Waals surface area contributed by atoms with Crippen LogP contribution in [0.5, 0.6) is 11.6 Å². The average Bonchev–Trinajstić information content (AvgIpc) is 3.28. The molecule has 40 heavy (non-hydrogen) atoms. The van der Waals surface area contributed by atoms with E-state index in [9.17, 15) is 18.7 Å². The van der Waals surface area contributed by atoms with Crippen molar-refractivity contribution in [2.24, 2.45) is 5.92 Å². The Morgan fingerprint density at radius 1 is 1.10 bits per heavy atom. The number of imidazole rings is 1. The SMILES string of the molecule is CC(C)(Oc1ccc(OCCC2CCCCC2n2c(-c3ccc(Cl)cc3)nc3cc(F)c(F)cc32)nc1)C(=O)O. The summed E-state index contributed by atoms with van der Waals surface area (Å²) in [5, 5.41) is 9.84. The number of aliphatic carboxylic acids is 1. The Hall–Kier alpha value is -3.72. The smallest absolute Gasteiger partial charge is 0.347 e. The molecule has 7 nitrogen and oxygen atoms in total. The molecule has 2 atom stereocenters. The van der Waals surface area contributed by atoms with Crippen LogP contribution in [0.15, 0.2) is 54.7 Å². The average molecular weight is 570 g/mol. The van der Waals surface area contributed by atoms with Crippen molar-refractivity contribution in [3.8, 4) is 23.0 Å². The van der Waals surface area contributed by atoms with Crippen molar-refractivity contribution in [3.05, 3.63) is 71.4 Å². The maximum absolute atomic E-state index is 14.4. The maximum atomic E-state index is 14.4. The molecule has 1 aliphatic carbocycles. The number of carboxylic acids is 1. The van der Waals surface area contributed by atoms with E-state index >= 15 is 0 Å². The molecule has 0 saturated heterocycles. The lowest BCUT2D eigenvalue weighted by Crippen LogP contribution is -2.37. The van der Waals surface area contributed by atoms with Gasteiger partial charge in [-0.3, -0.25) is 0 Å². The van der Waals surface area contributed by atoms with Crippen molar-refractivity contribution in [2.75, 3.05) is 6.61 Å². The number of fused-ring (bicyclic) bond motifs is 1. The van der Waals surface area contributed by atoms with E-state index in [-0.39, 0.29) is 12.0 Å². The van der Waals surface area contributed by atoms with Crippen LogP contribution < -0.4 is 9.47 Å². The second kappa shape index (κ2) is 11.4. The number of hydrogen-bond acceptors (Lipinski definition) is 5. The minimum atomic E-state index is -1.38. The lowest BCUT2D eigenvalue weighted by molar-refractivity contribution is -0.152. The summed E-state index contributed by atoms with van der Waals surface area (Å²) >= 11 is 6.11. The summed E-state index contributed by atoms with van der Waals surface area (Å²) in [7, 11) is 0. The van der Waals surface area contributed by atoms with Crippen LogP contribution in [0.1, 0.15) is 52.0 Å². The quantitative estimate of drug-likeness (QED) is 0.225. The molecule has 2 aromatic carbocycles. The maximum Gasteiger partial charge on any atom is 0.347 e. The number of halogens is 3. The summed E-state index contributed by atoms with van der Waals surface area (Å²) in [6.07, 6.45) is 6.08. The molecule has 1 N–H and O–H groups in total. The van der Waals surface area contributed by atoms with Crippen LogP contribution in [0.2, 0.25) is 5.02 Å². The first-order chi connectivity index (χ1) is 19.1. The van der Waals surface area contributed by atoms with Gasteiger partial charge in [-0.1, -0.05) is 24.4 Å². The Morgan fingerprint density at radius 3 is 2.52 bits per heavy atom. The molecular weight excluding hydrogens is 540 g/mol.